The molecule has 2 N–H and O–H groups in total. The van der Waals surface area contributed by atoms with E-state index in [2.05, 4.69) is 9.80 Å². The third-order valence-electron chi connectivity index (χ3n) is 7.61. The van der Waals surface area contributed by atoms with Crippen molar-refractivity contribution in [3.63, 3.8) is 0 Å². The first-order valence-electron chi connectivity index (χ1n) is 11.7. The van der Waals surface area contributed by atoms with Crippen molar-refractivity contribution in [2.24, 2.45) is 5.41 Å². The third-order valence-corrected chi connectivity index (χ3v) is 7.61. The molecule has 0 bridgehead atoms. The molecule has 0 radical (unpaired) electrons. The zero-order chi connectivity index (χ0) is 22.2. The SMILES string of the molecule is CCN(C(=O)O)c1ccc(N2CCC[C@]3(CCN([C@H]4CC[C@H](O)CC4)C3=O)C2)c(C)c1. The maximum absolute atomic E-state index is 13.5. The Kier molecular flexibility index (Phi) is 6.15. The fraction of sp³-hybridized carbons (Fsp3) is 0.667. The smallest absolute Gasteiger partial charge is 0.411 e. The molecule has 7 nitrogen and oxygen atoms in total. The molecule has 1 saturated carbocycles. The molecule has 1 spiro atoms. The van der Waals surface area contributed by atoms with Gasteiger partial charge in [0.1, 0.15) is 0 Å². The number of amides is 2. The first-order chi connectivity index (χ1) is 14.8. The van der Waals surface area contributed by atoms with E-state index in [0.717, 1.165) is 75.8 Å². The van der Waals surface area contributed by atoms with Crippen LogP contribution < -0.4 is 9.80 Å². The molecule has 7 heteroatoms. The molecule has 1 atom stereocenters. The highest BCUT2D eigenvalue weighted by atomic mass is 16.4. The molecule has 2 aliphatic heterocycles. The molecule has 3 fully saturated rings. The van der Waals surface area contributed by atoms with Crippen LogP contribution in [0.3, 0.4) is 0 Å². The van der Waals surface area contributed by atoms with Crippen molar-refractivity contribution in [3.8, 4) is 0 Å². The summed E-state index contributed by atoms with van der Waals surface area (Å²) in [7, 11) is 0. The fourth-order valence-electron chi connectivity index (χ4n) is 5.87. The average Bonchev–Trinajstić information content (AvgIpc) is 3.04. The van der Waals surface area contributed by atoms with Crippen LogP contribution in [0.1, 0.15) is 57.4 Å². The van der Waals surface area contributed by atoms with Crippen LogP contribution in [-0.2, 0) is 4.79 Å². The molecule has 1 aromatic rings. The molecule has 4 rings (SSSR count). The van der Waals surface area contributed by atoms with E-state index in [1.54, 1.807) is 0 Å². The minimum atomic E-state index is -0.946. The number of aliphatic hydroxyl groups is 1. The van der Waals surface area contributed by atoms with Gasteiger partial charge in [-0.15, -0.1) is 0 Å². The van der Waals surface area contributed by atoms with Gasteiger partial charge in [0.15, 0.2) is 0 Å². The van der Waals surface area contributed by atoms with Gasteiger partial charge in [-0.05, 0) is 82.6 Å². The van der Waals surface area contributed by atoms with E-state index in [0.29, 0.717) is 18.1 Å². The van der Waals surface area contributed by atoms with E-state index in [-0.39, 0.29) is 17.6 Å². The van der Waals surface area contributed by atoms with Gasteiger partial charge in [0.05, 0.1) is 11.5 Å². The summed E-state index contributed by atoms with van der Waals surface area (Å²) in [4.78, 5) is 30.8. The number of piperidine rings is 1. The van der Waals surface area contributed by atoms with E-state index in [9.17, 15) is 19.8 Å². The number of hydrogen-bond donors (Lipinski definition) is 2. The second kappa shape index (κ2) is 8.69. The third kappa shape index (κ3) is 4.12. The predicted octanol–water partition coefficient (Wildman–Crippen LogP) is 3.62. The number of likely N-dealkylation sites (tertiary alicyclic amines) is 1. The molecule has 1 aliphatic carbocycles. The molecule has 3 aliphatic rings. The van der Waals surface area contributed by atoms with Crippen LogP contribution in [0, 0.1) is 12.3 Å². The molecule has 31 heavy (non-hydrogen) atoms. The average molecular weight is 430 g/mol. The maximum Gasteiger partial charge on any atom is 0.411 e. The lowest BCUT2D eigenvalue weighted by Gasteiger charge is -2.42. The van der Waals surface area contributed by atoms with Crippen LogP contribution in [0.5, 0.6) is 0 Å². The van der Waals surface area contributed by atoms with Crippen molar-refractivity contribution in [2.45, 2.75) is 70.9 Å². The Bertz CT molecular complexity index is 836. The summed E-state index contributed by atoms with van der Waals surface area (Å²) < 4.78 is 0. The molecule has 2 amide bonds. The quantitative estimate of drug-likeness (QED) is 0.764. The van der Waals surface area contributed by atoms with Gasteiger partial charge in [0.2, 0.25) is 5.91 Å². The van der Waals surface area contributed by atoms with Gasteiger partial charge in [-0.3, -0.25) is 9.69 Å². The van der Waals surface area contributed by atoms with E-state index in [1.807, 2.05) is 32.0 Å². The van der Waals surface area contributed by atoms with Crippen molar-refractivity contribution >= 4 is 23.4 Å². The molecule has 0 aromatic heterocycles. The maximum atomic E-state index is 13.5. The molecular formula is C24H35N3O4. The Morgan fingerprint density at radius 3 is 2.58 bits per heavy atom. The monoisotopic (exact) mass is 429 g/mol. The highest BCUT2D eigenvalue weighted by molar-refractivity contribution is 5.87. The number of hydrogen-bond acceptors (Lipinski definition) is 4. The predicted molar refractivity (Wildman–Crippen MR) is 121 cm³/mol. The number of benzene rings is 1. The number of anilines is 2. The van der Waals surface area contributed by atoms with E-state index in [4.69, 9.17) is 0 Å². The molecule has 2 heterocycles. The Morgan fingerprint density at radius 1 is 1.19 bits per heavy atom. The van der Waals surface area contributed by atoms with Crippen LogP contribution in [0.4, 0.5) is 16.2 Å². The summed E-state index contributed by atoms with van der Waals surface area (Å²) in [6.07, 6.45) is 5.08. The molecule has 170 valence electrons. The summed E-state index contributed by atoms with van der Waals surface area (Å²) in [6.45, 7) is 6.73. The molecule has 1 aromatic carbocycles. The van der Waals surface area contributed by atoms with Gasteiger partial charge in [0, 0.05) is 43.6 Å². The highest BCUT2D eigenvalue weighted by Gasteiger charge is 2.50. The number of carbonyl (C=O) groups excluding carboxylic acids is 1. The van der Waals surface area contributed by atoms with Crippen molar-refractivity contribution in [2.75, 3.05) is 36.0 Å². The number of nitrogens with zero attached hydrogens (tertiary/aromatic N) is 3. The highest BCUT2D eigenvalue weighted by Crippen LogP contribution is 2.44. The van der Waals surface area contributed by atoms with Crippen LogP contribution >= 0.6 is 0 Å². The molecule has 2 saturated heterocycles. The summed E-state index contributed by atoms with van der Waals surface area (Å²) in [6, 6.07) is 6.10. The topological polar surface area (TPSA) is 84.3 Å². The lowest BCUT2D eigenvalue weighted by molar-refractivity contribution is -0.139. The first kappa shape index (κ1) is 21.9. The van der Waals surface area contributed by atoms with Gasteiger partial charge in [-0.25, -0.2) is 4.79 Å². The second-order valence-corrected chi connectivity index (χ2v) is 9.51. The lowest BCUT2D eigenvalue weighted by atomic mass is 9.78. The van der Waals surface area contributed by atoms with Crippen molar-refractivity contribution in [1.82, 2.24) is 4.90 Å². The Morgan fingerprint density at radius 2 is 1.94 bits per heavy atom. The number of carbonyl (C=O) groups is 2. The Hall–Kier alpha value is -2.28. The fourth-order valence-corrected chi connectivity index (χ4v) is 5.87. The summed E-state index contributed by atoms with van der Waals surface area (Å²) in [5.41, 5.74) is 2.51. The zero-order valence-corrected chi connectivity index (χ0v) is 18.7. The van der Waals surface area contributed by atoms with Gasteiger partial charge < -0.3 is 20.0 Å². The first-order valence-corrected chi connectivity index (χ1v) is 11.7. The van der Waals surface area contributed by atoms with E-state index < -0.39 is 6.09 Å². The Labute approximate surface area is 184 Å². The van der Waals surface area contributed by atoms with E-state index in [1.165, 1.54) is 4.90 Å². The Balaban J connectivity index is 1.50. The van der Waals surface area contributed by atoms with Crippen LogP contribution in [0.15, 0.2) is 18.2 Å². The minimum Gasteiger partial charge on any atom is -0.465 e. The van der Waals surface area contributed by atoms with Gasteiger partial charge in [-0.2, -0.15) is 0 Å². The van der Waals surface area contributed by atoms with Gasteiger partial charge >= 0.3 is 6.09 Å². The van der Waals surface area contributed by atoms with Crippen molar-refractivity contribution < 1.29 is 19.8 Å². The van der Waals surface area contributed by atoms with Gasteiger partial charge in [-0.1, -0.05) is 0 Å². The lowest BCUT2D eigenvalue weighted by Crippen LogP contribution is -2.50. The number of aryl methyl sites for hydroxylation is 1. The van der Waals surface area contributed by atoms with Crippen LogP contribution in [-0.4, -0.2) is 65.4 Å². The van der Waals surface area contributed by atoms with Crippen LogP contribution in [0.25, 0.3) is 0 Å². The standard InChI is InChI=1S/C24H35N3O4/c1-3-26(23(30)31)19-7-10-21(17(2)15-19)25-13-4-11-24(16-25)12-14-27(22(24)29)18-5-8-20(28)9-6-18/h7,10,15,18,20,28H,3-6,8-9,11-14,16H2,1-2H3,(H,30,31)/t18-,20-,24-/m0/s1. The summed E-state index contributed by atoms with van der Waals surface area (Å²) in [5, 5.41) is 19.2. The minimum absolute atomic E-state index is 0.205. The molecular weight excluding hydrogens is 394 g/mol. The van der Waals surface area contributed by atoms with Crippen LogP contribution in [0.2, 0.25) is 0 Å². The number of aliphatic hydroxyl groups excluding tert-OH is 1. The largest absolute Gasteiger partial charge is 0.465 e. The summed E-state index contributed by atoms with van der Waals surface area (Å²) >= 11 is 0. The zero-order valence-electron chi connectivity index (χ0n) is 18.7. The van der Waals surface area contributed by atoms with Crippen molar-refractivity contribution in [3.05, 3.63) is 23.8 Å². The normalized spacial score (nSPS) is 28.9. The van der Waals surface area contributed by atoms with Gasteiger partial charge in [0.25, 0.3) is 0 Å². The van der Waals surface area contributed by atoms with E-state index >= 15 is 0 Å². The van der Waals surface area contributed by atoms with Crippen molar-refractivity contribution in [1.29, 1.82) is 0 Å². The molecule has 0 unspecified atom stereocenters. The summed E-state index contributed by atoms with van der Waals surface area (Å²) in [5.74, 6) is 0.302. The second-order valence-electron chi connectivity index (χ2n) is 9.51. The number of carboxylic acid groups (broad SMARTS) is 1. The number of rotatable bonds is 4.